The maximum Gasteiger partial charge on any atom is 0.309 e. The Morgan fingerprint density at radius 1 is 1.35 bits per heavy atom. The van der Waals surface area contributed by atoms with Crippen LogP contribution < -0.4 is 9.47 Å². The molecule has 1 atom stereocenters. The summed E-state index contributed by atoms with van der Waals surface area (Å²) in [5.74, 6) is -0.0860. The van der Waals surface area contributed by atoms with E-state index in [0.717, 1.165) is 6.42 Å². The van der Waals surface area contributed by atoms with Crippen LogP contribution in [0.3, 0.4) is 0 Å². The number of hydrogen-bond donors (Lipinski definition) is 1. The average molecular weight is 238 g/mol. The Balaban J connectivity index is 2.61. The number of carboxylic acids is 1. The lowest BCUT2D eigenvalue weighted by Gasteiger charge is -2.14. The minimum Gasteiger partial charge on any atom is -0.493 e. The Hall–Kier alpha value is -1.71. The van der Waals surface area contributed by atoms with Gasteiger partial charge in [0.25, 0.3) is 0 Å². The highest BCUT2D eigenvalue weighted by Crippen LogP contribution is 2.26. The molecule has 1 unspecified atom stereocenters. The monoisotopic (exact) mass is 238 g/mol. The summed E-state index contributed by atoms with van der Waals surface area (Å²) in [6, 6.07) is 7.22. The largest absolute Gasteiger partial charge is 0.493 e. The average Bonchev–Trinajstić information content (AvgIpc) is 2.34. The molecule has 0 saturated carbocycles. The van der Waals surface area contributed by atoms with Crippen LogP contribution in [0, 0.1) is 5.92 Å². The second kappa shape index (κ2) is 6.78. The molecule has 0 aromatic heterocycles. The van der Waals surface area contributed by atoms with Crippen LogP contribution >= 0.6 is 0 Å². The second-order valence-electron chi connectivity index (χ2n) is 3.79. The standard InChI is InChI=1S/C13H18O4/c1-3-6-10(13(14)15)9-17-12-8-5-4-7-11(12)16-2/h4-5,7-8,10H,3,6,9H2,1-2H3,(H,14,15). The van der Waals surface area contributed by atoms with E-state index in [2.05, 4.69) is 0 Å². The number of rotatable bonds is 7. The molecule has 17 heavy (non-hydrogen) atoms. The third-order valence-corrected chi connectivity index (χ3v) is 2.50. The molecule has 0 fully saturated rings. The van der Waals surface area contributed by atoms with Gasteiger partial charge in [0.05, 0.1) is 13.0 Å². The van der Waals surface area contributed by atoms with E-state index < -0.39 is 11.9 Å². The lowest BCUT2D eigenvalue weighted by atomic mass is 10.1. The number of methoxy groups -OCH3 is 1. The molecular weight excluding hydrogens is 220 g/mol. The van der Waals surface area contributed by atoms with Crippen molar-refractivity contribution in [2.45, 2.75) is 19.8 Å². The van der Waals surface area contributed by atoms with Gasteiger partial charge in [-0.2, -0.15) is 0 Å². The molecule has 4 heteroatoms. The summed E-state index contributed by atoms with van der Waals surface area (Å²) in [5.41, 5.74) is 0. The molecular formula is C13H18O4. The van der Waals surface area contributed by atoms with Crippen LogP contribution in [0.1, 0.15) is 19.8 Å². The minimum absolute atomic E-state index is 0.170. The topological polar surface area (TPSA) is 55.8 Å². The summed E-state index contributed by atoms with van der Waals surface area (Å²) in [6.07, 6.45) is 1.44. The van der Waals surface area contributed by atoms with Crippen molar-refractivity contribution in [3.63, 3.8) is 0 Å². The third kappa shape index (κ3) is 3.98. The van der Waals surface area contributed by atoms with Gasteiger partial charge in [-0.05, 0) is 18.6 Å². The van der Waals surface area contributed by atoms with E-state index in [1.54, 1.807) is 19.2 Å². The highest BCUT2D eigenvalue weighted by Gasteiger charge is 2.17. The van der Waals surface area contributed by atoms with Crippen LogP contribution in [0.15, 0.2) is 24.3 Å². The lowest BCUT2D eigenvalue weighted by molar-refractivity contribution is -0.143. The van der Waals surface area contributed by atoms with Gasteiger partial charge in [0.2, 0.25) is 0 Å². The summed E-state index contributed by atoms with van der Waals surface area (Å²) in [6.45, 7) is 2.13. The molecule has 0 spiro atoms. The SMILES string of the molecule is CCCC(COc1ccccc1OC)C(=O)O. The van der Waals surface area contributed by atoms with Gasteiger partial charge in [0, 0.05) is 0 Å². The van der Waals surface area contributed by atoms with Crippen molar-refractivity contribution >= 4 is 5.97 Å². The molecule has 4 nitrogen and oxygen atoms in total. The number of hydrogen-bond acceptors (Lipinski definition) is 3. The van der Waals surface area contributed by atoms with Crippen LogP contribution in [-0.4, -0.2) is 24.8 Å². The molecule has 1 aromatic rings. The molecule has 1 N–H and O–H groups in total. The predicted molar refractivity (Wildman–Crippen MR) is 64.5 cm³/mol. The molecule has 0 radical (unpaired) electrons. The van der Waals surface area contributed by atoms with Gasteiger partial charge in [0.1, 0.15) is 6.61 Å². The van der Waals surface area contributed by atoms with E-state index in [4.69, 9.17) is 14.6 Å². The van der Waals surface area contributed by atoms with Gasteiger partial charge >= 0.3 is 5.97 Å². The highest BCUT2D eigenvalue weighted by molar-refractivity contribution is 5.70. The molecule has 0 amide bonds. The van der Waals surface area contributed by atoms with Crippen molar-refractivity contribution < 1.29 is 19.4 Å². The van der Waals surface area contributed by atoms with E-state index >= 15 is 0 Å². The van der Waals surface area contributed by atoms with Crippen molar-refractivity contribution in [3.8, 4) is 11.5 Å². The Morgan fingerprint density at radius 3 is 2.53 bits per heavy atom. The molecule has 0 aliphatic heterocycles. The van der Waals surface area contributed by atoms with E-state index in [9.17, 15) is 4.79 Å². The summed E-state index contributed by atoms with van der Waals surface area (Å²) in [5, 5.41) is 9.00. The normalized spacial score (nSPS) is 11.9. The summed E-state index contributed by atoms with van der Waals surface area (Å²) >= 11 is 0. The summed E-state index contributed by atoms with van der Waals surface area (Å²) in [4.78, 5) is 11.0. The zero-order chi connectivity index (χ0) is 12.7. The first kappa shape index (κ1) is 13.4. The Labute approximate surface area is 101 Å². The van der Waals surface area contributed by atoms with E-state index in [0.29, 0.717) is 17.9 Å². The van der Waals surface area contributed by atoms with Crippen molar-refractivity contribution in [2.75, 3.05) is 13.7 Å². The number of ether oxygens (including phenoxy) is 2. The lowest BCUT2D eigenvalue weighted by Crippen LogP contribution is -2.21. The van der Waals surface area contributed by atoms with Gasteiger partial charge in [-0.3, -0.25) is 4.79 Å². The third-order valence-electron chi connectivity index (χ3n) is 2.50. The first-order valence-electron chi connectivity index (χ1n) is 5.67. The summed E-state index contributed by atoms with van der Waals surface area (Å²) < 4.78 is 10.6. The zero-order valence-electron chi connectivity index (χ0n) is 10.2. The molecule has 0 saturated heterocycles. The van der Waals surface area contributed by atoms with Crippen LogP contribution in [0.5, 0.6) is 11.5 Å². The Kier molecular flexibility index (Phi) is 5.33. The first-order chi connectivity index (χ1) is 8.19. The molecule has 0 heterocycles. The fourth-order valence-electron chi connectivity index (χ4n) is 1.55. The minimum atomic E-state index is -0.818. The van der Waals surface area contributed by atoms with Crippen LogP contribution in [0.4, 0.5) is 0 Å². The number of carboxylic acid groups (broad SMARTS) is 1. The van der Waals surface area contributed by atoms with Gasteiger partial charge in [-0.25, -0.2) is 0 Å². The first-order valence-corrected chi connectivity index (χ1v) is 5.67. The van der Waals surface area contributed by atoms with E-state index in [1.807, 2.05) is 19.1 Å². The zero-order valence-corrected chi connectivity index (χ0v) is 10.2. The second-order valence-corrected chi connectivity index (χ2v) is 3.79. The number of carbonyl (C=O) groups is 1. The molecule has 1 aromatic carbocycles. The van der Waals surface area contributed by atoms with Crippen molar-refractivity contribution in [3.05, 3.63) is 24.3 Å². The fraction of sp³-hybridized carbons (Fsp3) is 0.462. The number of benzene rings is 1. The molecule has 0 bridgehead atoms. The highest BCUT2D eigenvalue weighted by atomic mass is 16.5. The van der Waals surface area contributed by atoms with Crippen LogP contribution in [0.25, 0.3) is 0 Å². The van der Waals surface area contributed by atoms with Gasteiger partial charge in [-0.15, -0.1) is 0 Å². The fourth-order valence-corrected chi connectivity index (χ4v) is 1.55. The molecule has 0 aliphatic carbocycles. The van der Waals surface area contributed by atoms with Gasteiger partial charge in [-0.1, -0.05) is 25.5 Å². The summed E-state index contributed by atoms with van der Waals surface area (Å²) in [7, 11) is 1.56. The Bertz CT molecular complexity index is 362. The van der Waals surface area contributed by atoms with Crippen LogP contribution in [0.2, 0.25) is 0 Å². The van der Waals surface area contributed by atoms with Crippen molar-refractivity contribution in [2.24, 2.45) is 5.92 Å². The van der Waals surface area contributed by atoms with Crippen molar-refractivity contribution in [1.29, 1.82) is 0 Å². The smallest absolute Gasteiger partial charge is 0.309 e. The van der Waals surface area contributed by atoms with Crippen molar-refractivity contribution in [1.82, 2.24) is 0 Å². The maximum atomic E-state index is 11.0. The maximum absolute atomic E-state index is 11.0. The van der Waals surface area contributed by atoms with E-state index in [1.165, 1.54) is 0 Å². The number of para-hydroxylation sites is 2. The van der Waals surface area contributed by atoms with Gasteiger partial charge in [0.15, 0.2) is 11.5 Å². The molecule has 0 aliphatic rings. The molecule has 1 rings (SSSR count). The Morgan fingerprint density at radius 2 is 2.00 bits per heavy atom. The number of aliphatic carboxylic acids is 1. The van der Waals surface area contributed by atoms with E-state index in [-0.39, 0.29) is 6.61 Å². The van der Waals surface area contributed by atoms with Crippen LogP contribution in [-0.2, 0) is 4.79 Å². The predicted octanol–water partition coefficient (Wildman–Crippen LogP) is 2.57. The quantitative estimate of drug-likeness (QED) is 0.793. The molecule has 94 valence electrons. The van der Waals surface area contributed by atoms with Gasteiger partial charge < -0.3 is 14.6 Å².